The highest BCUT2D eigenvalue weighted by atomic mass is 15.2. The summed E-state index contributed by atoms with van der Waals surface area (Å²) in [5.74, 6) is 0. The van der Waals surface area contributed by atoms with Crippen LogP contribution in [0.5, 0.6) is 0 Å². The van der Waals surface area contributed by atoms with Crippen LogP contribution in [0.15, 0.2) is 0 Å². The van der Waals surface area contributed by atoms with Crippen LogP contribution in [-0.2, 0) is 0 Å². The van der Waals surface area contributed by atoms with Gasteiger partial charge in [-0.1, -0.05) is 41.5 Å². The second kappa shape index (κ2) is 9.51. The molecule has 0 amide bonds. The van der Waals surface area contributed by atoms with E-state index in [1.54, 1.807) is 0 Å². The van der Waals surface area contributed by atoms with Crippen LogP contribution >= 0.6 is 0 Å². The zero-order chi connectivity index (χ0) is 11.6. The number of likely N-dealkylation sites (tertiary alicyclic amines) is 1. The lowest BCUT2D eigenvalue weighted by Crippen LogP contribution is -2.40. The summed E-state index contributed by atoms with van der Waals surface area (Å²) in [4.78, 5) is 2.60. The van der Waals surface area contributed by atoms with Gasteiger partial charge in [-0.25, -0.2) is 0 Å². The Kier molecular flexibility index (Phi) is 11.1. The highest BCUT2D eigenvalue weighted by Crippen LogP contribution is 2.30. The Bertz CT molecular complexity index is 112. The van der Waals surface area contributed by atoms with Gasteiger partial charge in [0.05, 0.1) is 0 Å². The van der Waals surface area contributed by atoms with Gasteiger partial charge in [0.1, 0.15) is 0 Å². The standard InChI is InChI=1S/C9H19N.2C2H6/c1-4-9(3)7-6-8-10(9)5-2;2*1-2/h4-8H2,1-3H3;2*1-2H3. The van der Waals surface area contributed by atoms with Crippen molar-refractivity contribution in [2.45, 2.75) is 73.3 Å². The minimum Gasteiger partial charge on any atom is -0.298 e. The van der Waals surface area contributed by atoms with Crippen molar-refractivity contribution >= 4 is 0 Å². The second-order valence-corrected chi connectivity index (χ2v) is 3.53. The minimum absolute atomic E-state index is 0.536. The summed E-state index contributed by atoms with van der Waals surface area (Å²) in [6.07, 6.45) is 4.11. The molecule has 0 aliphatic carbocycles. The summed E-state index contributed by atoms with van der Waals surface area (Å²) in [7, 11) is 0. The van der Waals surface area contributed by atoms with E-state index in [2.05, 4.69) is 25.7 Å². The number of hydrogen-bond acceptors (Lipinski definition) is 1. The smallest absolute Gasteiger partial charge is 0.0179 e. The molecule has 0 aromatic carbocycles. The molecule has 1 rings (SSSR count). The second-order valence-electron chi connectivity index (χ2n) is 3.53. The Morgan fingerprint density at radius 2 is 1.57 bits per heavy atom. The molecule has 0 spiro atoms. The number of rotatable bonds is 2. The van der Waals surface area contributed by atoms with E-state index in [-0.39, 0.29) is 0 Å². The fraction of sp³-hybridized carbons (Fsp3) is 1.00. The van der Waals surface area contributed by atoms with E-state index in [0.717, 1.165) is 0 Å². The fourth-order valence-electron chi connectivity index (χ4n) is 2.02. The van der Waals surface area contributed by atoms with Gasteiger partial charge in [0.2, 0.25) is 0 Å². The Hall–Kier alpha value is -0.0400. The largest absolute Gasteiger partial charge is 0.298 e. The van der Waals surface area contributed by atoms with Crippen molar-refractivity contribution in [1.82, 2.24) is 4.90 Å². The molecule has 0 radical (unpaired) electrons. The molecule has 1 saturated heterocycles. The predicted octanol–water partition coefficient (Wildman–Crippen LogP) is 4.32. The molecule has 14 heavy (non-hydrogen) atoms. The first kappa shape index (κ1) is 16.4. The molecular formula is C13H31N. The first-order chi connectivity index (χ1) is 6.73. The quantitative estimate of drug-likeness (QED) is 0.643. The summed E-state index contributed by atoms with van der Waals surface area (Å²) in [6, 6.07) is 0. The Balaban J connectivity index is 0. The molecular weight excluding hydrogens is 170 g/mol. The van der Waals surface area contributed by atoms with Crippen LogP contribution in [-0.4, -0.2) is 23.5 Å². The average Bonchev–Trinajstić information content (AvgIpc) is 2.66. The normalized spacial score (nSPS) is 25.9. The molecule has 1 aliphatic heterocycles. The molecule has 1 nitrogen and oxygen atoms in total. The van der Waals surface area contributed by atoms with Gasteiger partial charge in [-0.05, 0) is 39.3 Å². The van der Waals surface area contributed by atoms with Crippen LogP contribution in [0.2, 0.25) is 0 Å². The van der Waals surface area contributed by atoms with Crippen molar-refractivity contribution in [3.05, 3.63) is 0 Å². The van der Waals surface area contributed by atoms with E-state index in [4.69, 9.17) is 0 Å². The molecule has 0 aromatic heterocycles. The average molecular weight is 201 g/mol. The van der Waals surface area contributed by atoms with E-state index in [1.807, 2.05) is 27.7 Å². The third kappa shape index (κ3) is 4.45. The van der Waals surface area contributed by atoms with Crippen LogP contribution in [0.4, 0.5) is 0 Å². The zero-order valence-electron chi connectivity index (χ0n) is 11.5. The fourth-order valence-corrected chi connectivity index (χ4v) is 2.02. The summed E-state index contributed by atoms with van der Waals surface area (Å²) < 4.78 is 0. The van der Waals surface area contributed by atoms with E-state index in [0.29, 0.717) is 5.54 Å². The van der Waals surface area contributed by atoms with Gasteiger partial charge >= 0.3 is 0 Å². The van der Waals surface area contributed by atoms with Gasteiger partial charge in [-0.2, -0.15) is 0 Å². The molecule has 1 heteroatoms. The third-order valence-electron chi connectivity index (χ3n) is 3.05. The lowest BCUT2D eigenvalue weighted by Gasteiger charge is -2.33. The number of nitrogens with zero attached hydrogens (tertiary/aromatic N) is 1. The van der Waals surface area contributed by atoms with Crippen molar-refractivity contribution in [1.29, 1.82) is 0 Å². The molecule has 0 aromatic rings. The predicted molar refractivity (Wildman–Crippen MR) is 67.9 cm³/mol. The summed E-state index contributed by atoms with van der Waals surface area (Å²) in [5.41, 5.74) is 0.536. The zero-order valence-corrected chi connectivity index (χ0v) is 11.5. The lowest BCUT2D eigenvalue weighted by atomic mass is 9.96. The summed E-state index contributed by atoms with van der Waals surface area (Å²) in [6.45, 7) is 17.5. The summed E-state index contributed by atoms with van der Waals surface area (Å²) in [5, 5.41) is 0. The molecule has 0 bridgehead atoms. The van der Waals surface area contributed by atoms with Crippen LogP contribution in [0.1, 0.15) is 67.7 Å². The maximum absolute atomic E-state index is 2.60. The monoisotopic (exact) mass is 201 g/mol. The summed E-state index contributed by atoms with van der Waals surface area (Å²) >= 11 is 0. The molecule has 0 saturated carbocycles. The van der Waals surface area contributed by atoms with Crippen LogP contribution < -0.4 is 0 Å². The van der Waals surface area contributed by atoms with Gasteiger partial charge < -0.3 is 0 Å². The first-order valence-electron chi connectivity index (χ1n) is 6.48. The molecule has 0 N–H and O–H groups in total. The van der Waals surface area contributed by atoms with Gasteiger partial charge in [-0.3, -0.25) is 4.90 Å². The minimum atomic E-state index is 0.536. The van der Waals surface area contributed by atoms with Crippen LogP contribution in [0, 0.1) is 0 Å². The first-order valence-corrected chi connectivity index (χ1v) is 6.48. The Morgan fingerprint density at radius 1 is 1.07 bits per heavy atom. The van der Waals surface area contributed by atoms with Gasteiger partial charge in [0.15, 0.2) is 0 Å². The van der Waals surface area contributed by atoms with E-state index in [1.165, 1.54) is 32.4 Å². The molecule has 88 valence electrons. The van der Waals surface area contributed by atoms with Crippen molar-refractivity contribution in [2.24, 2.45) is 0 Å². The SMILES string of the molecule is CC.CC.CCN1CCCC1(C)CC. The number of hydrogen-bond donors (Lipinski definition) is 0. The van der Waals surface area contributed by atoms with Crippen molar-refractivity contribution < 1.29 is 0 Å². The molecule has 1 atom stereocenters. The van der Waals surface area contributed by atoms with Gasteiger partial charge in [-0.15, -0.1) is 0 Å². The van der Waals surface area contributed by atoms with Crippen molar-refractivity contribution in [3.8, 4) is 0 Å². The third-order valence-corrected chi connectivity index (χ3v) is 3.05. The van der Waals surface area contributed by atoms with Crippen molar-refractivity contribution in [3.63, 3.8) is 0 Å². The topological polar surface area (TPSA) is 3.24 Å². The van der Waals surface area contributed by atoms with E-state index >= 15 is 0 Å². The molecule has 1 aliphatic rings. The van der Waals surface area contributed by atoms with Crippen LogP contribution in [0.3, 0.4) is 0 Å². The molecule has 1 unspecified atom stereocenters. The Labute approximate surface area is 91.9 Å². The maximum Gasteiger partial charge on any atom is 0.0179 e. The van der Waals surface area contributed by atoms with Crippen LogP contribution in [0.25, 0.3) is 0 Å². The molecule has 1 heterocycles. The van der Waals surface area contributed by atoms with Gasteiger partial charge in [0.25, 0.3) is 0 Å². The lowest BCUT2D eigenvalue weighted by molar-refractivity contribution is 0.159. The molecule has 1 fully saturated rings. The maximum atomic E-state index is 2.60. The highest BCUT2D eigenvalue weighted by molar-refractivity contribution is 4.89. The Morgan fingerprint density at radius 3 is 1.86 bits per heavy atom. The highest BCUT2D eigenvalue weighted by Gasteiger charge is 2.32. The van der Waals surface area contributed by atoms with Crippen molar-refractivity contribution in [2.75, 3.05) is 13.1 Å². The van der Waals surface area contributed by atoms with Gasteiger partial charge in [0, 0.05) is 5.54 Å². The van der Waals surface area contributed by atoms with E-state index < -0.39 is 0 Å². The van der Waals surface area contributed by atoms with E-state index in [9.17, 15) is 0 Å².